The van der Waals surface area contributed by atoms with Crippen molar-refractivity contribution in [1.82, 2.24) is 0 Å². The Morgan fingerprint density at radius 1 is 1.47 bits per heavy atom. The van der Waals surface area contributed by atoms with E-state index < -0.39 is 0 Å². The molecule has 2 nitrogen and oxygen atoms in total. The number of carbonyl (C=O) groups is 1. The summed E-state index contributed by atoms with van der Waals surface area (Å²) in [6.45, 7) is 0. The number of halogens is 1. The van der Waals surface area contributed by atoms with Crippen molar-refractivity contribution >= 4 is 44.4 Å². The normalized spacial score (nSPS) is 10.3. The Morgan fingerprint density at radius 2 is 2.27 bits per heavy atom. The van der Waals surface area contributed by atoms with Gasteiger partial charge < -0.3 is 4.74 Å². The third kappa shape index (κ3) is 2.14. The van der Waals surface area contributed by atoms with Gasteiger partial charge in [-0.05, 0) is 27.4 Å². The van der Waals surface area contributed by atoms with Crippen molar-refractivity contribution in [3.05, 3.63) is 37.1 Å². The van der Waals surface area contributed by atoms with Crippen molar-refractivity contribution in [2.75, 3.05) is 7.11 Å². The van der Waals surface area contributed by atoms with Gasteiger partial charge in [0.25, 0.3) is 0 Å². The average Bonchev–Trinajstić information content (AvgIpc) is 2.84. The Bertz CT molecular complexity index is 487. The van der Waals surface area contributed by atoms with E-state index >= 15 is 0 Å². The highest BCUT2D eigenvalue weighted by atomic mass is 79.9. The van der Waals surface area contributed by atoms with Gasteiger partial charge in [0.05, 0.1) is 16.9 Å². The summed E-state index contributed by atoms with van der Waals surface area (Å²) in [5.41, 5.74) is 0. The highest BCUT2D eigenvalue weighted by Crippen LogP contribution is 2.29. The molecule has 0 aliphatic rings. The molecule has 0 N–H and O–H groups in total. The molecule has 0 aromatic carbocycles. The van der Waals surface area contributed by atoms with Crippen LogP contribution in [0.5, 0.6) is 5.75 Å². The summed E-state index contributed by atoms with van der Waals surface area (Å²) in [4.78, 5) is 13.4. The predicted octanol–water partition coefficient (Wildman–Crippen LogP) is 3.81. The molecule has 0 bridgehead atoms. The van der Waals surface area contributed by atoms with E-state index in [0.29, 0.717) is 4.88 Å². The number of thiophene rings is 2. The zero-order valence-corrected chi connectivity index (χ0v) is 11.0. The molecule has 0 unspecified atom stereocenters. The fourth-order valence-electron chi connectivity index (χ4n) is 1.11. The highest BCUT2D eigenvalue weighted by Gasteiger charge is 2.16. The summed E-state index contributed by atoms with van der Waals surface area (Å²) < 4.78 is 5.89. The quantitative estimate of drug-likeness (QED) is 0.806. The van der Waals surface area contributed by atoms with Gasteiger partial charge in [0.15, 0.2) is 0 Å². The van der Waals surface area contributed by atoms with Gasteiger partial charge >= 0.3 is 0 Å². The third-order valence-electron chi connectivity index (χ3n) is 1.86. The predicted molar refractivity (Wildman–Crippen MR) is 66.3 cm³/mol. The highest BCUT2D eigenvalue weighted by molar-refractivity contribution is 9.10. The van der Waals surface area contributed by atoms with Crippen molar-refractivity contribution in [2.45, 2.75) is 0 Å². The van der Waals surface area contributed by atoms with Crippen LogP contribution in [-0.4, -0.2) is 12.9 Å². The van der Waals surface area contributed by atoms with E-state index in [-0.39, 0.29) is 5.78 Å². The van der Waals surface area contributed by atoms with Gasteiger partial charge in [-0.2, -0.15) is 0 Å². The van der Waals surface area contributed by atoms with Crippen LogP contribution in [0.2, 0.25) is 0 Å². The van der Waals surface area contributed by atoms with E-state index in [2.05, 4.69) is 15.9 Å². The second-order valence-electron chi connectivity index (χ2n) is 2.78. The number of carbonyl (C=O) groups excluding carboxylic acids is 1. The van der Waals surface area contributed by atoms with Crippen LogP contribution >= 0.6 is 38.6 Å². The molecule has 2 aromatic heterocycles. The maximum Gasteiger partial charge on any atom is 0.214 e. The maximum absolute atomic E-state index is 12.0. The number of rotatable bonds is 3. The van der Waals surface area contributed by atoms with Crippen LogP contribution in [0.15, 0.2) is 27.4 Å². The zero-order valence-electron chi connectivity index (χ0n) is 7.82. The topological polar surface area (TPSA) is 26.3 Å². The molecular weight excluding hydrogens is 296 g/mol. The summed E-state index contributed by atoms with van der Waals surface area (Å²) in [7, 11) is 1.59. The molecule has 0 aliphatic heterocycles. The molecule has 0 spiro atoms. The van der Waals surface area contributed by atoms with Gasteiger partial charge in [0.1, 0.15) is 5.75 Å². The van der Waals surface area contributed by atoms with Gasteiger partial charge in [-0.1, -0.05) is 0 Å². The Balaban J connectivity index is 2.32. The minimum Gasteiger partial charge on any atom is -0.496 e. The number of hydrogen-bond donors (Lipinski definition) is 0. The molecule has 2 rings (SSSR count). The van der Waals surface area contributed by atoms with Crippen LogP contribution in [0.1, 0.15) is 14.5 Å². The molecule has 2 aromatic rings. The molecule has 0 amide bonds. The van der Waals surface area contributed by atoms with Crippen molar-refractivity contribution in [2.24, 2.45) is 0 Å². The summed E-state index contributed by atoms with van der Waals surface area (Å²) in [6.07, 6.45) is 0. The van der Waals surface area contributed by atoms with Crippen molar-refractivity contribution < 1.29 is 9.53 Å². The molecule has 0 fully saturated rings. The van der Waals surface area contributed by atoms with Crippen LogP contribution in [0.3, 0.4) is 0 Å². The molecule has 0 aliphatic carbocycles. The number of hydrogen-bond acceptors (Lipinski definition) is 4. The first kappa shape index (κ1) is 10.9. The smallest absolute Gasteiger partial charge is 0.214 e. The van der Waals surface area contributed by atoms with Gasteiger partial charge in [-0.3, -0.25) is 4.79 Å². The third-order valence-corrected chi connectivity index (χ3v) is 4.60. The molecule has 5 heteroatoms. The Hall–Kier alpha value is -0.650. The van der Waals surface area contributed by atoms with Crippen LogP contribution < -0.4 is 4.74 Å². The lowest BCUT2D eigenvalue weighted by Gasteiger charge is -1.94. The maximum atomic E-state index is 12.0. The molecule has 15 heavy (non-hydrogen) atoms. The lowest BCUT2D eigenvalue weighted by molar-refractivity contribution is 0.104. The molecule has 0 atom stereocenters. The lowest BCUT2D eigenvalue weighted by Crippen LogP contribution is -1.95. The van der Waals surface area contributed by atoms with Crippen molar-refractivity contribution in [3.8, 4) is 5.75 Å². The van der Waals surface area contributed by atoms with Gasteiger partial charge in [0.2, 0.25) is 5.78 Å². The van der Waals surface area contributed by atoms with E-state index in [0.717, 1.165) is 15.1 Å². The second kappa shape index (κ2) is 4.47. The van der Waals surface area contributed by atoms with Crippen LogP contribution in [0.4, 0.5) is 0 Å². The standard InChI is InChI=1S/C10H7BrO2S2/c1-13-6-4-8(15-5-6)9(12)10-7(11)2-3-14-10/h2-5H,1H3. The van der Waals surface area contributed by atoms with Crippen LogP contribution in [0.25, 0.3) is 0 Å². The molecule has 0 saturated carbocycles. The zero-order chi connectivity index (χ0) is 10.8. The Labute approximate surface area is 104 Å². The molecule has 0 radical (unpaired) electrons. The van der Waals surface area contributed by atoms with Gasteiger partial charge in [-0.25, -0.2) is 0 Å². The fraction of sp³-hybridized carbons (Fsp3) is 0.100. The first-order valence-corrected chi connectivity index (χ1v) is 6.68. The van der Waals surface area contributed by atoms with Crippen molar-refractivity contribution in [3.63, 3.8) is 0 Å². The molecule has 0 saturated heterocycles. The minimum atomic E-state index is 0.0465. The molecule has 78 valence electrons. The van der Waals surface area contributed by atoms with E-state index in [9.17, 15) is 4.79 Å². The summed E-state index contributed by atoms with van der Waals surface area (Å²) in [5, 5.41) is 3.72. The molecular formula is C10H7BrO2S2. The van der Waals surface area contributed by atoms with Crippen molar-refractivity contribution in [1.29, 1.82) is 0 Å². The lowest BCUT2D eigenvalue weighted by atomic mass is 10.3. The number of ketones is 1. The summed E-state index contributed by atoms with van der Waals surface area (Å²) in [5.74, 6) is 0.779. The van der Waals surface area contributed by atoms with E-state index in [1.165, 1.54) is 22.7 Å². The van der Waals surface area contributed by atoms with Crippen LogP contribution in [-0.2, 0) is 0 Å². The first-order chi connectivity index (χ1) is 7.22. The average molecular weight is 303 g/mol. The summed E-state index contributed by atoms with van der Waals surface area (Å²) in [6, 6.07) is 3.64. The largest absolute Gasteiger partial charge is 0.496 e. The van der Waals surface area contributed by atoms with E-state index in [4.69, 9.17) is 4.74 Å². The SMILES string of the molecule is COc1csc(C(=O)c2sccc2Br)c1. The number of ether oxygens (including phenoxy) is 1. The monoisotopic (exact) mass is 302 g/mol. The van der Waals surface area contributed by atoms with E-state index in [1.54, 1.807) is 13.2 Å². The van der Waals surface area contributed by atoms with Gasteiger partial charge in [-0.15, -0.1) is 22.7 Å². The van der Waals surface area contributed by atoms with Crippen LogP contribution in [0, 0.1) is 0 Å². The van der Waals surface area contributed by atoms with E-state index in [1.807, 2.05) is 16.8 Å². The molecule has 2 heterocycles. The fourth-order valence-corrected chi connectivity index (χ4v) is 3.48. The minimum absolute atomic E-state index is 0.0465. The van der Waals surface area contributed by atoms with Gasteiger partial charge in [0, 0.05) is 15.9 Å². The Morgan fingerprint density at radius 3 is 2.80 bits per heavy atom. The number of methoxy groups -OCH3 is 1. The second-order valence-corrected chi connectivity index (χ2v) is 5.46. The first-order valence-electron chi connectivity index (χ1n) is 4.12. The summed E-state index contributed by atoms with van der Waals surface area (Å²) >= 11 is 6.19. The Kier molecular flexibility index (Phi) is 3.23.